The fourth-order valence-corrected chi connectivity index (χ4v) is 3.39. The number of rotatable bonds is 6. The van der Waals surface area contributed by atoms with Gasteiger partial charge in [-0.05, 0) is 39.5 Å². The van der Waals surface area contributed by atoms with Crippen molar-refractivity contribution in [2.75, 3.05) is 58.9 Å². The van der Waals surface area contributed by atoms with Gasteiger partial charge in [0.05, 0.1) is 6.54 Å². The van der Waals surface area contributed by atoms with Crippen molar-refractivity contribution in [1.29, 1.82) is 0 Å². The molecule has 1 amide bonds. The molecular formula is C19H35N5O. The van der Waals surface area contributed by atoms with Gasteiger partial charge in [-0.15, -0.1) is 0 Å². The van der Waals surface area contributed by atoms with Crippen LogP contribution in [0.2, 0.25) is 0 Å². The first kappa shape index (κ1) is 19.8. The van der Waals surface area contributed by atoms with Gasteiger partial charge >= 0.3 is 0 Å². The number of nitrogens with zero attached hydrogens (tertiary/aromatic N) is 4. The Morgan fingerprint density at radius 3 is 2.40 bits per heavy atom. The van der Waals surface area contributed by atoms with Crippen molar-refractivity contribution in [2.45, 2.75) is 39.5 Å². The summed E-state index contributed by atoms with van der Waals surface area (Å²) in [6.07, 6.45) is 8.79. The number of piperazine rings is 1. The van der Waals surface area contributed by atoms with Gasteiger partial charge < -0.3 is 15.1 Å². The summed E-state index contributed by atoms with van der Waals surface area (Å²) in [5.74, 6) is 1.31. The minimum Gasteiger partial charge on any atom is -0.357 e. The summed E-state index contributed by atoms with van der Waals surface area (Å²) in [5, 5.41) is 3.39. The lowest BCUT2D eigenvalue weighted by Gasteiger charge is -2.37. The van der Waals surface area contributed by atoms with E-state index < -0.39 is 0 Å². The van der Waals surface area contributed by atoms with Gasteiger partial charge in [0.15, 0.2) is 5.96 Å². The number of allylic oxidation sites excluding steroid dienone is 1. The molecule has 0 aromatic heterocycles. The molecule has 6 nitrogen and oxygen atoms in total. The molecule has 25 heavy (non-hydrogen) atoms. The third kappa shape index (κ3) is 6.69. The van der Waals surface area contributed by atoms with Crippen LogP contribution in [0.5, 0.6) is 0 Å². The molecule has 142 valence electrons. The van der Waals surface area contributed by atoms with E-state index in [9.17, 15) is 4.79 Å². The number of hydrogen-bond acceptors (Lipinski definition) is 3. The van der Waals surface area contributed by atoms with Gasteiger partial charge in [-0.25, -0.2) is 0 Å². The van der Waals surface area contributed by atoms with Crippen molar-refractivity contribution >= 4 is 11.9 Å². The molecule has 0 aromatic carbocycles. The molecule has 0 bridgehead atoms. The Labute approximate surface area is 152 Å². The Kier molecular flexibility index (Phi) is 8.80. The van der Waals surface area contributed by atoms with Gasteiger partial charge in [-0.1, -0.05) is 12.2 Å². The van der Waals surface area contributed by atoms with Gasteiger partial charge in [-0.3, -0.25) is 14.7 Å². The van der Waals surface area contributed by atoms with Crippen LogP contribution < -0.4 is 5.32 Å². The maximum Gasteiger partial charge on any atom is 0.236 e. The predicted molar refractivity (Wildman–Crippen MR) is 104 cm³/mol. The molecule has 0 aromatic rings. The number of nitrogens with one attached hydrogen (secondary N) is 1. The van der Waals surface area contributed by atoms with Gasteiger partial charge in [-0.2, -0.15) is 0 Å². The molecule has 0 saturated carbocycles. The quantitative estimate of drug-likeness (QED) is 0.342. The van der Waals surface area contributed by atoms with E-state index >= 15 is 0 Å². The van der Waals surface area contributed by atoms with E-state index in [1.807, 2.05) is 11.8 Å². The van der Waals surface area contributed by atoms with E-state index in [1.165, 1.54) is 6.42 Å². The topological polar surface area (TPSA) is 51.2 Å². The van der Waals surface area contributed by atoms with Crippen molar-refractivity contribution < 1.29 is 4.79 Å². The van der Waals surface area contributed by atoms with Crippen molar-refractivity contribution in [3.05, 3.63) is 12.2 Å². The second-order valence-electron chi connectivity index (χ2n) is 6.80. The third-order valence-electron chi connectivity index (χ3n) is 4.87. The number of hydrogen-bond donors (Lipinski definition) is 1. The van der Waals surface area contributed by atoms with Crippen LogP contribution in [0.25, 0.3) is 0 Å². The summed E-state index contributed by atoms with van der Waals surface area (Å²) in [6, 6.07) is 0. The van der Waals surface area contributed by atoms with Crippen molar-refractivity contribution in [1.82, 2.24) is 20.0 Å². The molecule has 2 aliphatic heterocycles. The molecule has 1 N–H and O–H groups in total. The van der Waals surface area contributed by atoms with Crippen LogP contribution in [0.4, 0.5) is 0 Å². The van der Waals surface area contributed by atoms with Crippen LogP contribution in [0.3, 0.4) is 0 Å². The summed E-state index contributed by atoms with van der Waals surface area (Å²) in [6.45, 7) is 12.0. The number of carbonyl (C=O) groups excluding carboxylic acids is 1. The predicted octanol–water partition coefficient (Wildman–Crippen LogP) is 1.55. The smallest absolute Gasteiger partial charge is 0.236 e. The number of piperidine rings is 1. The van der Waals surface area contributed by atoms with Crippen LogP contribution in [0.1, 0.15) is 39.5 Å². The summed E-state index contributed by atoms with van der Waals surface area (Å²) in [4.78, 5) is 23.8. The fourth-order valence-electron chi connectivity index (χ4n) is 3.39. The lowest BCUT2D eigenvalue weighted by Crippen LogP contribution is -2.54. The molecule has 0 spiro atoms. The summed E-state index contributed by atoms with van der Waals surface area (Å²) in [7, 11) is 0. The number of aliphatic imine (C=N–C) groups is 1. The van der Waals surface area contributed by atoms with Crippen LogP contribution >= 0.6 is 0 Å². The Morgan fingerprint density at radius 1 is 1.04 bits per heavy atom. The minimum atomic E-state index is 0.306. The van der Waals surface area contributed by atoms with E-state index in [2.05, 4.69) is 34.2 Å². The Morgan fingerprint density at radius 2 is 1.76 bits per heavy atom. The third-order valence-corrected chi connectivity index (χ3v) is 4.87. The standard InChI is InChI=1S/C19H35N5O/c1-3-5-7-10-21-19(20-4-2)24-15-13-22(14-16-24)17-18(25)23-11-8-6-9-12-23/h3,5H,4,6-17H2,1-2H3,(H,20,21)/b5-3+. The zero-order valence-electron chi connectivity index (χ0n) is 16.0. The lowest BCUT2D eigenvalue weighted by atomic mass is 10.1. The Balaban J connectivity index is 1.77. The van der Waals surface area contributed by atoms with Crippen LogP contribution in [-0.2, 0) is 4.79 Å². The second-order valence-corrected chi connectivity index (χ2v) is 6.80. The molecule has 2 fully saturated rings. The average Bonchev–Trinajstić information content (AvgIpc) is 2.66. The second kappa shape index (κ2) is 11.1. The van der Waals surface area contributed by atoms with E-state index in [0.29, 0.717) is 12.5 Å². The van der Waals surface area contributed by atoms with E-state index in [0.717, 1.165) is 77.6 Å². The molecule has 0 unspecified atom stereocenters. The van der Waals surface area contributed by atoms with Gasteiger partial charge in [0.1, 0.15) is 0 Å². The van der Waals surface area contributed by atoms with Gasteiger partial charge in [0, 0.05) is 52.4 Å². The highest BCUT2D eigenvalue weighted by molar-refractivity contribution is 5.80. The van der Waals surface area contributed by atoms with Crippen LogP contribution in [0, 0.1) is 0 Å². The number of amides is 1. The molecule has 6 heteroatoms. The summed E-state index contributed by atoms with van der Waals surface area (Å²) < 4.78 is 0. The molecule has 0 radical (unpaired) electrons. The zero-order valence-corrected chi connectivity index (χ0v) is 16.0. The van der Waals surface area contributed by atoms with Crippen LogP contribution in [-0.4, -0.2) is 85.5 Å². The number of guanidine groups is 1. The monoisotopic (exact) mass is 349 g/mol. The fraction of sp³-hybridized carbons (Fsp3) is 0.789. The maximum absolute atomic E-state index is 12.4. The Hall–Kier alpha value is -1.56. The zero-order chi connectivity index (χ0) is 17.9. The van der Waals surface area contributed by atoms with Gasteiger partial charge in [0.25, 0.3) is 0 Å². The molecule has 2 saturated heterocycles. The highest BCUT2D eigenvalue weighted by atomic mass is 16.2. The van der Waals surface area contributed by atoms with E-state index in [4.69, 9.17) is 4.99 Å². The normalized spacial score (nSPS) is 20.3. The largest absolute Gasteiger partial charge is 0.357 e. The van der Waals surface area contributed by atoms with Gasteiger partial charge in [0.2, 0.25) is 5.91 Å². The first-order chi connectivity index (χ1) is 12.2. The van der Waals surface area contributed by atoms with E-state index in [1.54, 1.807) is 0 Å². The molecule has 0 aliphatic carbocycles. The van der Waals surface area contributed by atoms with Crippen LogP contribution in [0.15, 0.2) is 17.1 Å². The Bertz CT molecular complexity index is 449. The number of likely N-dealkylation sites (tertiary alicyclic amines) is 1. The molecular weight excluding hydrogens is 314 g/mol. The highest BCUT2D eigenvalue weighted by Crippen LogP contribution is 2.10. The number of carbonyl (C=O) groups is 1. The van der Waals surface area contributed by atoms with Crippen molar-refractivity contribution in [2.24, 2.45) is 4.99 Å². The van der Waals surface area contributed by atoms with Crippen molar-refractivity contribution in [3.63, 3.8) is 0 Å². The van der Waals surface area contributed by atoms with Crippen molar-refractivity contribution in [3.8, 4) is 0 Å². The average molecular weight is 350 g/mol. The molecule has 2 aliphatic rings. The molecule has 2 rings (SSSR count). The maximum atomic E-state index is 12.4. The lowest BCUT2D eigenvalue weighted by molar-refractivity contribution is -0.133. The van der Waals surface area contributed by atoms with E-state index in [-0.39, 0.29) is 0 Å². The summed E-state index contributed by atoms with van der Waals surface area (Å²) >= 11 is 0. The minimum absolute atomic E-state index is 0.306. The molecule has 2 heterocycles. The SMILES string of the molecule is C/C=C/CCN=C(NCC)N1CCN(CC(=O)N2CCCCC2)CC1. The first-order valence-electron chi connectivity index (χ1n) is 9.89. The first-order valence-corrected chi connectivity index (χ1v) is 9.89. The highest BCUT2D eigenvalue weighted by Gasteiger charge is 2.23. The molecule has 0 atom stereocenters. The summed E-state index contributed by atoms with van der Waals surface area (Å²) in [5.41, 5.74) is 0.